The molecule has 0 aliphatic heterocycles. The Kier molecular flexibility index (Phi) is 5.63. The van der Waals surface area contributed by atoms with Crippen molar-refractivity contribution in [3.05, 3.63) is 60.3 Å². The SMILES string of the molecule is CCOC(=O)/C=C/C(=O)Nc1ccnc(-c2ccc(C)cc2)c1. The molecule has 0 fully saturated rings. The maximum absolute atomic E-state index is 11.8. The van der Waals surface area contributed by atoms with E-state index >= 15 is 0 Å². The number of aryl methyl sites for hydroxylation is 1. The van der Waals surface area contributed by atoms with Gasteiger partial charge in [-0.05, 0) is 26.0 Å². The summed E-state index contributed by atoms with van der Waals surface area (Å²) in [5, 5.41) is 2.69. The molecule has 2 aromatic rings. The molecule has 0 atom stereocenters. The van der Waals surface area contributed by atoms with E-state index in [4.69, 9.17) is 4.74 Å². The summed E-state index contributed by atoms with van der Waals surface area (Å²) in [6.07, 6.45) is 3.87. The van der Waals surface area contributed by atoms with Crippen molar-refractivity contribution in [1.29, 1.82) is 0 Å². The number of aromatic nitrogens is 1. The highest BCUT2D eigenvalue weighted by atomic mass is 16.5. The van der Waals surface area contributed by atoms with Gasteiger partial charge in [-0.3, -0.25) is 9.78 Å². The zero-order valence-electron chi connectivity index (χ0n) is 13.1. The van der Waals surface area contributed by atoms with Crippen LogP contribution in [0.5, 0.6) is 0 Å². The van der Waals surface area contributed by atoms with Gasteiger partial charge < -0.3 is 10.1 Å². The minimum Gasteiger partial charge on any atom is -0.463 e. The van der Waals surface area contributed by atoms with Crippen molar-refractivity contribution in [2.75, 3.05) is 11.9 Å². The van der Waals surface area contributed by atoms with Gasteiger partial charge in [0.15, 0.2) is 0 Å². The summed E-state index contributed by atoms with van der Waals surface area (Å²) in [5.41, 5.74) is 3.50. The van der Waals surface area contributed by atoms with E-state index in [2.05, 4.69) is 10.3 Å². The second-order valence-corrected chi connectivity index (χ2v) is 4.87. The average molecular weight is 310 g/mol. The Morgan fingerprint density at radius 1 is 1.17 bits per heavy atom. The quantitative estimate of drug-likeness (QED) is 0.680. The predicted octanol–water partition coefficient (Wildman–Crippen LogP) is 3.11. The van der Waals surface area contributed by atoms with Crippen LogP contribution in [-0.4, -0.2) is 23.5 Å². The third-order valence-corrected chi connectivity index (χ3v) is 3.03. The van der Waals surface area contributed by atoms with Crippen molar-refractivity contribution in [2.24, 2.45) is 0 Å². The van der Waals surface area contributed by atoms with E-state index in [1.807, 2.05) is 31.2 Å². The maximum atomic E-state index is 11.8. The van der Waals surface area contributed by atoms with E-state index in [0.29, 0.717) is 5.69 Å². The van der Waals surface area contributed by atoms with Gasteiger partial charge in [0.1, 0.15) is 0 Å². The standard InChI is InChI=1S/C18H18N2O3/c1-3-23-18(22)9-8-17(21)20-15-10-11-19-16(12-15)14-6-4-13(2)5-7-14/h4-12H,3H2,1-2H3,(H,19,20,21)/b9-8+. The van der Waals surface area contributed by atoms with Crippen molar-refractivity contribution in [3.8, 4) is 11.3 Å². The van der Waals surface area contributed by atoms with Gasteiger partial charge in [0, 0.05) is 29.6 Å². The molecule has 0 saturated carbocycles. The Bertz CT molecular complexity index is 721. The van der Waals surface area contributed by atoms with Crippen LogP contribution in [-0.2, 0) is 14.3 Å². The van der Waals surface area contributed by atoms with Gasteiger partial charge in [-0.15, -0.1) is 0 Å². The number of esters is 1. The van der Waals surface area contributed by atoms with Crippen molar-refractivity contribution in [1.82, 2.24) is 4.98 Å². The molecule has 0 saturated heterocycles. The maximum Gasteiger partial charge on any atom is 0.330 e. The number of nitrogens with zero attached hydrogens (tertiary/aromatic N) is 1. The van der Waals surface area contributed by atoms with E-state index in [1.165, 1.54) is 5.56 Å². The lowest BCUT2D eigenvalue weighted by molar-refractivity contribution is -0.137. The molecule has 1 aromatic carbocycles. The van der Waals surface area contributed by atoms with Crippen LogP contribution in [0.15, 0.2) is 54.7 Å². The fourth-order valence-electron chi connectivity index (χ4n) is 1.91. The second kappa shape index (κ2) is 7.89. The summed E-state index contributed by atoms with van der Waals surface area (Å²) in [6.45, 7) is 3.99. The van der Waals surface area contributed by atoms with Crippen LogP contribution >= 0.6 is 0 Å². The zero-order valence-corrected chi connectivity index (χ0v) is 13.1. The number of amides is 1. The highest BCUT2D eigenvalue weighted by Gasteiger charge is 2.04. The normalized spacial score (nSPS) is 10.5. The lowest BCUT2D eigenvalue weighted by atomic mass is 10.1. The Morgan fingerprint density at radius 2 is 1.91 bits per heavy atom. The summed E-state index contributed by atoms with van der Waals surface area (Å²) in [4.78, 5) is 27.3. The molecule has 118 valence electrons. The van der Waals surface area contributed by atoms with E-state index in [1.54, 1.807) is 25.3 Å². The van der Waals surface area contributed by atoms with E-state index in [0.717, 1.165) is 23.4 Å². The topological polar surface area (TPSA) is 68.3 Å². The fourth-order valence-corrected chi connectivity index (χ4v) is 1.91. The summed E-state index contributed by atoms with van der Waals surface area (Å²) in [7, 11) is 0. The summed E-state index contributed by atoms with van der Waals surface area (Å²) >= 11 is 0. The molecule has 1 heterocycles. The van der Waals surface area contributed by atoms with Crippen LogP contribution in [0.25, 0.3) is 11.3 Å². The van der Waals surface area contributed by atoms with Crippen molar-refractivity contribution >= 4 is 17.6 Å². The molecule has 0 radical (unpaired) electrons. The number of pyridine rings is 1. The molecule has 0 aliphatic carbocycles. The number of benzene rings is 1. The van der Waals surface area contributed by atoms with Crippen LogP contribution in [0.3, 0.4) is 0 Å². The van der Waals surface area contributed by atoms with Gasteiger partial charge in [0.05, 0.1) is 12.3 Å². The minimum absolute atomic E-state index is 0.273. The summed E-state index contributed by atoms with van der Waals surface area (Å²) in [5.74, 6) is -0.947. The van der Waals surface area contributed by atoms with Crippen molar-refractivity contribution in [2.45, 2.75) is 13.8 Å². The first-order chi connectivity index (χ1) is 11.1. The van der Waals surface area contributed by atoms with Crippen LogP contribution < -0.4 is 5.32 Å². The Morgan fingerprint density at radius 3 is 2.61 bits per heavy atom. The summed E-state index contributed by atoms with van der Waals surface area (Å²) in [6, 6.07) is 11.4. The molecular weight excluding hydrogens is 292 g/mol. The molecule has 0 spiro atoms. The molecular formula is C18H18N2O3. The number of nitrogens with one attached hydrogen (secondary N) is 1. The Labute approximate surface area is 135 Å². The Balaban J connectivity index is 2.06. The largest absolute Gasteiger partial charge is 0.463 e. The number of carbonyl (C=O) groups is 2. The number of carbonyl (C=O) groups excluding carboxylic acids is 2. The lowest BCUT2D eigenvalue weighted by Gasteiger charge is -2.05. The van der Waals surface area contributed by atoms with Gasteiger partial charge in [-0.2, -0.15) is 0 Å². The second-order valence-electron chi connectivity index (χ2n) is 4.87. The molecule has 1 amide bonds. The zero-order chi connectivity index (χ0) is 16.7. The molecule has 1 aromatic heterocycles. The van der Waals surface area contributed by atoms with Crippen LogP contribution in [0.2, 0.25) is 0 Å². The van der Waals surface area contributed by atoms with Crippen molar-refractivity contribution in [3.63, 3.8) is 0 Å². The van der Waals surface area contributed by atoms with Crippen LogP contribution in [0.1, 0.15) is 12.5 Å². The van der Waals surface area contributed by atoms with E-state index in [9.17, 15) is 9.59 Å². The first kappa shape index (κ1) is 16.4. The Hall–Kier alpha value is -2.95. The first-order valence-corrected chi connectivity index (χ1v) is 7.27. The minimum atomic E-state index is -0.544. The molecule has 2 rings (SSSR count). The molecule has 0 unspecified atom stereocenters. The lowest BCUT2D eigenvalue weighted by Crippen LogP contribution is -2.09. The molecule has 0 aliphatic rings. The number of hydrogen-bond donors (Lipinski definition) is 1. The third-order valence-electron chi connectivity index (χ3n) is 3.03. The third kappa shape index (κ3) is 5.07. The molecule has 0 bridgehead atoms. The fraction of sp³-hybridized carbons (Fsp3) is 0.167. The average Bonchev–Trinajstić information content (AvgIpc) is 2.54. The number of ether oxygens (including phenoxy) is 1. The smallest absolute Gasteiger partial charge is 0.330 e. The summed E-state index contributed by atoms with van der Waals surface area (Å²) < 4.78 is 4.71. The highest BCUT2D eigenvalue weighted by Crippen LogP contribution is 2.20. The van der Waals surface area contributed by atoms with Gasteiger partial charge >= 0.3 is 5.97 Å². The monoisotopic (exact) mass is 310 g/mol. The van der Waals surface area contributed by atoms with E-state index in [-0.39, 0.29) is 6.61 Å². The number of rotatable bonds is 5. The van der Waals surface area contributed by atoms with Crippen molar-refractivity contribution < 1.29 is 14.3 Å². The van der Waals surface area contributed by atoms with Gasteiger partial charge in [-0.1, -0.05) is 29.8 Å². The van der Waals surface area contributed by atoms with Gasteiger partial charge in [0.25, 0.3) is 0 Å². The molecule has 1 N–H and O–H groups in total. The van der Waals surface area contributed by atoms with Gasteiger partial charge in [-0.25, -0.2) is 4.79 Å². The molecule has 23 heavy (non-hydrogen) atoms. The van der Waals surface area contributed by atoms with E-state index < -0.39 is 11.9 Å². The number of hydrogen-bond acceptors (Lipinski definition) is 4. The highest BCUT2D eigenvalue weighted by molar-refractivity contribution is 6.02. The van der Waals surface area contributed by atoms with Crippen LogP contribution in [0, 0.1) is 6.92 Å². The first-order valence-electron chi connectivity index (χ1n) is 7.27. The number of anilines is 1. The molecule has 5 heteroatoms. The predicted molar refractivity (Wildman–Crippen MR) is 88.8 cm³/mol. The van der Waals surface area contributed by atoms with Gasteiger partial charge in [0.2, 0.25) is 5.91 Å². The van der Waals surface area contributed by atoms with Crippen LogP contribution in [0.4, 0.5) is 5.69 Å². The molecule has 5 nitrogen and oxygen atoms in total.